The summed E-state index contributed by atoms with van der Waals surface area (Å²) < 4.78 is 5.34. The Bertz CT molecular complexity index is 657. The molecule has 0 bridgehead atoms. The third kappa shape index (κ3) is 4.55. The van der Waals surface area contributed by atoms with E-state index in [1.54, 1.807) is 13.8 Å². The molecule has 0 spiro atoms. The van der Waals surface area contributed by atoms with Crippen molar-refractivity contribution in [1.82, 2.24) is 4.98 Å². The van der Waals surface area contributed by atoms with Crippen molar-refractivity contribution in [3.8, 4) is 5.75 Å². The predicted octanol–water partition coefficient (Wildman–Crippen LogP) is 3.12. The van der Waals surface area contributed by atoms with Crippen LogP contribution >= 0.6 is 0 Å². The first-order chi connectivity index (χ1) is 11.7. The number of carbonyl (C=O) groups excluding carboxylic acids is 1. The zero-order valence-electron chi connectivity index (χ0n) is 15.0. The van der Waals surface area contributed by atoms with Crippen molar-refractivity contribution in [3.05, 3.63) is 23.5 Å². The normalized spacial score (nSPS) is 14.4. The molecule has 1 aromatic heterocycles. The van der Waals surface area contributed by atoms with Gasteiger partial charge in [0.1, 0.15) is 11.1 Å². The summed E-state index contributed by atoms with van der Waals surface area (Å²) in [6, 6.07) is 1.43. The van der Waals surface area contributed by atoms with E-state index in [9.17, 15) is 24.6 Å². The lowest BCUT2D eigenvalue weighted by Crippen LogP contribution is -2.33. The molecule has 2 N–H and O–H groups in total. The number of rotatable bonds is 9. The molecule has 0 amide bonds. The van der Waals surface area contributed by atoms with Crippen LogP contribution in [0.2, 0.25) is 0 Å². The summed E-state index contributed by atoms with van der Waals surface area (Å²) in [6.07, 6.45) is 2.69. The van der Waals surface area contributed by atoms with E-state index in [0.717, 1.165) is 0 Å². The zero-order valence-corrected chi connectivity index (χ0v) is 15.0. The topological polar surface area (TPSA) is 114 Å². The first-order valence-electron chi connectivity index (χ1n) is 8.38. The lowest BCUT2D eigenvalue weighted by atomic mass is 9.82. The molecule has 2 unspecified atom stereocenters. The second-order valence-corrected chi connectivity index (χ2v) is 6.13. The summed E-state index contributed by atoms with van der Waals surface area (Å²) >= 11 is 0. The van der Waals surface area contributed by atoms with Crippen LogP contribution in [-0.4, -0.2) is 33.1 Å². The van der Waals surface area contributed by atoms with Gasteiger partial charge < -0.3 is 14.9 Å². The molecule has 138 valence electrons. The number of aliphatic carboxylic acids is 2. The molecule has 0 aliphatic rings. The monoisotopic (exact) mass is 351 g/mol. The first-order valence-corrected chi connectivity index (χ1v) is 8.38. The molecule has 0 aliphatic heterocycles. The maximum atomic E-state index is 11.9. The molecule has 2 atom stereocenters. The van der Waals surface area contributed by atoms with Crippen molar-refractivity contribution < 1.29 is 29.3 Å². The van der Waals surface area contributed by atoms with Crippen LogP contribution < -0.4 is 4.74 Å². The number of pyridine rings is 1. The second-order valence-electron chi connectivity index (χ2n) is 6.13. The number of aromatic nitrogens is 1. The van der Waals surface area contributed by atoms with E-state index in [-0.39, 0.29) is 24.3 Å². The number of nitrogens with zero attached hydrogens (tertiary/aromatic N) is 1. The van der Waals surface area contributed by atoms with Crippen molar-refractivity contribution in [2.75, 3.05) is 0 Å². The van der Waals surface area contributed by atoms with Gasteiger partial charge in [0.05, 0.1) is 5.92 Å². The van der Waals surface area contributed by atoms with Gasteiger partial charge in [-0.05, 0) is 37.8 Å². The van der Waals surface area contributed by atoms with Gasteiger partial charge in [-0.15, -0.1) is 0 Å². The number of hydrogen-bond donors (Lipinski definition) is 2. The number of hydrogen-bond acceptors (Lipinski definition) is 5. The molecule has 0 radical (unpaired) electrons. The van der Waals surface area contributed by atoms with Gasteiger partial charge >= 0.3 is 17.9 Å². The van der Waals surface area contributed by atoms with E-state index < -0.39 is 29.2 Å². The fraction of sp³-hybridized carbons (Fsp3) is 0.556. The summed E-state index contributed by atoms with van der Waals surface area (Å²) in [5, 5.41) is 18.9. The number of esters is 1. The van der Waals surface area contributed by atoms with Crippen LogP contribution in [0.5, 0.6) is 5.75 Å². The minimum Gasteiger partial charge on any atom is -0.481 e. The predicted molar refractivity (Wildman–Crippen MR) is 90.7 cm³/mol. The Morgan fingerprint density at radius 3 is 2.32 bits per heavy atom. The Hall–Kier alpha value is -2.44. The van der Waals surface area contributed by atoms with Gasteiger partial charge in [0.2, 0.25) is 0 Å². The Balaban J connectivity index is 3.48. The van der Waals surface area contributed by atoms with Crippen LogP contribution in [0, 0.1) is 0 Å². The summed E-state index contributed by atoms with van der Waals surface area (Å²) in [5.41, 5.74) is -0.844. The SMILES string of the molecule is CCCC(=O)Oc1cc(C(CC)C(=O)O)cnc1C(C)(CC)C(=O)O. The quantitative estimate of drug-likeness (QED) is 0.657. The lowest BCUT2D eigenvalue weighted by Gasteiger charge is -2.25. The third-order valence-electron chi connectivity index (χ3n) is 4.36. The van der Waals surface area contributed by atoms with E-state index in [1.165, 1.54) is 19.2 Å². The van der Waals surface area contributed by atoms with Crippen molar-refractivity contribution in [2.45, 2.75) is 64.7 Å². The van der Waals surface area contributed by atoms with Crippen LogP contribution in [0.3, 0.4) is 0 Å². The highest BCUT2D eigenvalue weighted by molar-refractivity contribution is 5.82. The maximum Gasteiger partial charge on any atom is 0.315 e. The highest BCUT2D eigenvalue weighted by Crippen LogP contribution is 2.35. The first kappa shape index (κ1) is 20.6. The standard InChI is InChI=1S/C18H25NO6/c1-5-8-14(20)25-13-9-11(12(6-2)16(21)22)10-19-15(13)18(4,7-3)17(23)24/h9-10,12H,5-8H2,1-4H3,(H,21,22)(H,23,24). The van der Waals surface area contributed by atoms with Crippen molar-refractivity contribution in [2.24, 2.45) is 0 Å². The Kier molecular flexibility index (Phi) is 7.09. The fourth-order valence-electron chi connectivity index (χ4n) is 2.49. The second kappa shape index (κ2) is 8.60. The van der Waals surface area contributed by atoms with Crippen LogP contribution in [0.15, 0.2) is 12.3 Å². The molecule has 0 saturated heterocycles. The summed E-state index contributed by atoms with van der Waals surface area (Å²) in [4.78, 5) is 39.2. The number of ether oxygens (including phenoxy) is 1. The van der Waals surface area contributed by atoms with E-state index >= 15 is 0 Å². The van der Waals surface area contributed by atoms with E-state index in [0.29, 0.717) is 18.4 Å². The highest BCUT2D eigenvalue weighted by Gasteiger charge is 2.38. The molecule has 7 heteroatoms. The van der Waals surface area contributed by atoms with Gasteiger partial charge in [0.25, 0.3) is 0 Å². The molecule has 0 fully saturated rings. The van der Waals surface area contributed by atoms with Gasteiger partial charge in [0, 0.05) is 12.6 Å². The maximum absolute atomic E-state index is 11.9. The number of carbonyl (C=O) groups is 3. The Morgan fingerprint density at radius 1 is 1.24 bits per heavy atom. The van der Waals surface area contributed by atoms with Crippen molar-refractivity contribution in [1.29, 1.82) is 0 Å². The van der Waals surface area contributed by atoms with Crippen LogP contribution in [0.1, 0.15) is 70.6 Å². The van der Waals surface area contributed by atoms with Gasteiger partial charge in [-0.2, -0.15) is 0 Å². The fourth-order valence-corrected chi connectivity index (χ4v) is 2.49. The molecule has 1 rings (SSSR count). The molecule has 1 heterocycles. The average Bonchev–Trinajstić information content (AvgIpc) is 2.54. The minimum atomic E-state index is -1.34. The van der Waals surface area contributed by atoms with E-state index in [2.05, 4.69) is 4.98 Å². The summed E-state index contributed by atoms with van der Waals surface area (Å²) in [7, 11) is 0. The largest absolute Gasteiger partial charge is 0.481 e. The van der Waals surface area contributed by atoms with Crippen molar-refractivity contribution >= 4 is 17.9 Å². The third-order valence-corrected chi connectivity index (χ3v) is 4.36. The summed E-state index contributed by atoms with van der Waals surface area (Å²) in [6.45, 7) is 6.75. The molecule has 0 aliphatic carbocycles. The molecule has 1 aromatic rings. The van der Waals surface area contributed by atoms with Gasteiger partial charge in [-0.25, -0.2) is 0 Å². The molecule has 0 aromatic carbocycles. The number of carboxylic acid groups (broad SMARTS) is 2. The van der Waals surface area contributed by atoms with Crippen molar-refractivity contribution in [3.63, 3.8) is 0 Å². The lowest BCUT2D eigenvalue weighted by molar-refractivity contribution is -0.144. The number of carboxylic acids is 2. The van der Waals surface area contributed by atoms with Crippen LogP contribution in [0.4, 0.5) is 0 Å². The molecular weight excluding hydrogens is 326 g/mol. The Labute approximate surface area is 147 Å². The average molecular weight is 351 g/mol. The smallest absolute Gasteiger partial charge is 0.315 e. The van der Waals surface area contributed by atoms with Gasteiger partial charge in [-0.1, -0.05) is 20.8 Å². The highest BCUT2D eigenvalue weighted by atomic mass is 16.5. The molecule has 25 heavy (non-hydrogen) atoms. The molecule has 0 saturated carbocycles. The molecule has 7 nitrogen and oxygen atoms in total. The van der Waals surface area contributed by atoms with Gasteiger partial charge in [-0.3, -0.25) is 19.4 Å². The van der Waals surface area contributed by atoms with E-state index in [4.69, 9.17) is 4.74 Å². The van der Waals surface area contributed by atoms with Gasteiger partial charge in [0.15, 0.2) is 5.75 Å². The Morgan fingerprint density at radius 2 is 1.88 bits per heavy atom. The van der Waals surface area contributed by atoms with Crippen LogP contribution in [0.25, 0.3) is 0 Å². The van der Waals surface area contributed by atoms with E-state index in [1.807, 2.05) is 6.92 Å². The molecular formula is C18H25NO6. The summed E-state index contributed by atoms with van der Waals surface area (Å²) in [5.74, 6) is -3.40. The zero-order chi connectivity index (χ0) is 19.2. The van der Waals surface area contributed by atoms with Crippen LogP contribution in [-0.2, 0) is 19.8 Å². The minimum absolute atomic E-state index is 0.0161.